The van der Waals surface area contributed by atoms with Crippen LogP contribution in [0.4, 0.5) is 0 Å². The van der Waals surface area contributed by atoms with Gasteiger partial charge in [0.25, 0.3) is 5.91 Å². The topological polar surface area (TPSA) is 53.3 Å². The van der Waals surface area contributed by atoms with Crippen LogP contribution in [0.5, 0.6) is 5.75 Å². The fourth-order valence-electron chi connectivity index (χ4n) is 5.99. The third-order valence-electron chi connectivity index (χ3n) is 7.75. The molecule has 2 saturated heterocycles. The second-order valence-corrected chi connectivity index (χ2v) is 11.5. The number of hydrogen-bond donors (Lipinski definition) is 0. The fraction of sp³-hybridized carbons (Fsp3) is 0.375. The van der Waals surface area contributed by atoms with Crippen molar-refractivity contribution in [3.05, 3.63) is 99.6 Å². The highest BCUT2D eigenvalue weighted by molar-refractivity contribution is 7.97. The Hall–Kier alpha value is -3.23. The zero-order chi connectivity index (χ0) is 25.9. The molecule has 2 aliphatic rings. The zero-order valence-electron chi connectivity index (χ0n) is 21.9. The summed E-state index contributed by atoms with van der Waals surface area (Å²) in [5.74, 6) is 2.81. The number of nitrogens with zero attached hydrogens (tertiary/aromatic N) is 2. The van der Waals surface area contributed by atoms with E-state index in [1.165, 1.54) is 27.8 Å². The van der Waals surface area contributed by atoms with Crippen LogP contribution < -0.4 is 4.74 Å². The molecule has 3 aromatic rings. The van der Waals surface area contributed by atoms with Gasteiger partial charge in [0.05, 0.1) is 11.6 Å². The Morgan fingerprint density at radius 2 is 1.65 bits per heavy atom. The monoisotopic (exact) mass is 510 g/mol. The molecular formula is C32H34N2O2S. The number of fused-ring (bicyclic) bond motifs is 2. The molecule has 5 rings (SSSR count). The second-order valence-electron chi connectivity index (χ2n) is 10.5. The van der Waals surface area contributed by atoms with Gasteiger partial charge in [0.2, 0.25) is 0 Å². The van der Waals surface area contributed by atoms with Gasteiger partial charge in [0, 0.05) is 42.0 Å². The Morgan fingerprint density at radius 3 is 2.30 bits per heavy atom. The minimum atomic E-state index is 0.0793. The Kier molecular flexibility index (Phi) is 7.58. The molecule has 0 aromatic heterocycles. The molecule has 0 aliphatic carbocycles. The zero-order valence-corrected chi connectivity index (χ0v) is 22.7. The van der Waals surface area contributed by atoms with E-state index in [0.29, 0.717) is 5.56 Å². The van der Waals surface area contributed by atoms with Gasteiger partial charge in [-0.2, -0.15) is 17.0 Å². The number of piperidine rings is 1. The van der Waals surface area contributed by atoms with Crippen LogP contribution in [0.2, 0.25) is 0 Å². The summed E-state index contributed by atoms with van der Waals surface area (Å²) in [6.07, 6.45) is 3.81. The predicted octanol–water partition coefficient (Wildman–Crippen LogP) is 7.13. The van der Waals surface area contributed by atoms with Crippen molar-refractivity contribution in [2.75, 3.05) is 0 Å². The molecule has 4 nitrogen and oxygen atoms in total. The molecule has 2 fully saturated rings. The number of aryl methyl sites for hydroxylation is 3. The first-order valence-electron chi connectivity index (χ1n) is 13.1. The van der Waals surface area contributed by atoms with Crippen molar-refractivity contribution in [2.24, 2.45) is 0 Å². The van der Waals surface area contributed by atoms with Crippen LogP contribution in [0.1, 0.15) is 69.4 Å². The van der Waals surface area contributed by atoms with Gasteiger partial charge >= 0.3 is 0 Å². The number of thioether (sulfide) groups is 1. The van der Waals surface area contributed by atoms with Gasteiger partial charge < -0.3 is 9.64 Å². The maximum atomic E-state index is 13.5. The van der Waals surface area contributed by atoms with E-state index in [2.05, 4.69) is 56.0 Å². The van der Waals surface area contributed by atoms with E-state index in [1.807, 2.05) is 36.0 Å². The lowest BCUT2D eigenvalue weighted by molar-refractivity contribution is 0.0359. The summed E-state index contributed by atoms with van der Waals surface area (Å²) in [5.41, 5.74) is 8.12. The molecule has 5 heteroatoms. The molecule has 2 bridgehead atoms. The smallest absolute Gasteiger partial charge is 0.254 e. The summed E-state index contributed by atoms with van der Waals surface area (Å²) in [6.45, 7) is 6.55. The molecule has 0 radical (unpaired) electrons. The van der Waals surface area contributed by atoms with Gasteiger partial charge in [-0.3, -0.25) is 4.79 Å². The first-order chi connectivity index (χ1) is 17.9. The van der Waals surface area contributed by atoms with E-state index in [-0.39, 0.29) is 24.1 Å². The van der Waals surface area contributed by atoms with Crippen molar-refractivity contribution >= 4 is 17.7 Å². The first kappa shape index (κ1) is 25.4. The van der Waals surface area contributed by atoms with Crippen molar-refractivity contribution in [3.63, 3.8) is 0 Å². The van der Waals surface area contributed by atoms with Gasteiger partial charge in [-0.05, 0) is 86.2 Å². The normalized spacial score (nSPS) is 20.5. The largest absolute Gasteiger partial charge is 0.490 e. The number of hydrogen-bond acceptors (Lipinski definition) is 4. The Balaban J connectivity index is 1.17. The maximum absolute atomic E-state index is 13.5. The van der Waals surface area contributed by atoms with E-state index < -0.39 is 0 Å². The lowest BCUT2D eigenvalue weighted by Crippen LogP contribution is -2.49. The number of nitriles is 1. The predicted molar refractivity (Wildman–Crippen MR) is 150 cm³/mol. The summed E-state index contributed by atoms with van der Waals surface area (Å²) in [6, 6.07) is 22.7. The minimum Gasteiger partial charge on any atom is -0.490 e. The highest BCUT2D eigenvalue weighted by Gasteiger charge is 2.44. The van der Waals surface area contributed by atoms with Crippen LogP contribution >= 0.6 is 11.8 Å². The SMILES string of the molecule is Cc1cc(C)c(CSCc2ccc(C(=O)N3C4CCC3CC(Oc3cccc(C#N)c3)C4)cc2)c(C)c1. The van der Waals surface area contributed by atoms with Crippen LogP contribution in [0, 0.1) is 32.1 Å². The van der Waals surface area contributed by atoms with Gasteiger partial charge in [-0.15, -0.1) is 0 Å². The number of benzene rings is 3. The number of ether oxygens (including phenoxy) is 1. The van der Waals surface area contributed by atoms with Crippen LogP contribution in [0.25, 0.3) is 0 Å². The van der Waals surface area contributed by atoms with E-state index in [4.69, 9.17) is 10.00 Å². The summed E-state index contributed by atoms with van der Waals surface area (Å²) in [4.78, 5) is 15.6. The second kappa shape index (κ2) is 11.0. The van der Waals surface area contributed by atoms with Crippen molar-refractivity contribution in [3.8, 4) is 11.8 Å². The third kappa shape index (κ3) is 5.70. The van der Waals surface area contributed by atoms with Crippen LogP contribution in [-0.4, -0.2) is 29.0 Å². The number of carbonyl (C=O) groups is 1. The van der Waals surface area contributed by atoms with Crippen molar-refractivity contribution in [1.82, 2.24) is 4.90 Å². The fourth-order valence-corrected chi connectivity index (χ4v) is 7.18. The van der Waals surface area contributed by atoms with Crippen LogP contribution in [0.3, 0.4) is 0 Å². The number of rotatable bonds is 7. The molecular weight excluding hydrogens is 476 g/mol. The molecule has 2 heterocycles. The molecule has 37 heavy (non-hydrogen) atoms. The molecule has 2 atom stereocenters. The van der Waals surface area contributed by atoms with Crippen LogP contribution in [-0.2, 0) is 11.5 Å². The van der Waals surface area contributed by atoms with Gasteiger partial charge in [-0.1, -0.05) is 35.9 Å². The first-order valence-corrected chi connectivity index (χ1v) is 14.3. The molecule has 0 N–H and O–H groups in total. The lowest BCUT2D eigenvalue weighted by Gasteiger charge is -2.39. The number of carbonyl (C=O) groups excluding carboxylic acids is 1. The van der Waals surface area contributed by atoms with E-state index in [9.17, 15) is 4.79 Å². The van der Waals surface area contributed by atoms with Crippen molar-refractivity contribution in [1.29, 1.82) is 5.26 Å². The Labute approximate surface area is 224 Å². The molecule has 0 saturated carbocycles. The van der Waals surface area contributed by atoms with Gasteiger partial charge in [-0.25, -0.2) is 0 Å². The summed E-state index contributed by atoms with van der Waals surface area (Å²) >= 11 is 1.92. The third-order valence-corrected chi connectivity index (χ3v) is 8.78. The highest BCUT2D eigenvalue weighted by Crippen LogP contribution is 2.38. The van der Waals surface area contributed by atoms with E-state index in [0.717, 1.165) is 48.5 Å². The van der Waals surface area contributed by atoms with Gasteiger partial charge in [0.1, 0.15) is 11.9 Å². The highest BCUT2D eigenvalue weighted by atomic mass is 32.2. The van der Waals surface area contributed by atoms with E-state index >= 15 is 0 Å². The minimum absolute atomic E-state index is 0.0793. The average Bonchev–Trinajstić information content (AvgIpc) is 3.15. The maximum Gasteiger partial charge on any atom is 0.254 e. The average molecular weight is 511 g/mol. The Bertz CT molecular complexity index is 1290. The van der Waals surface area contributed by atoms with Crippen molar-refractivity contribution < 1.29 is 9.53 Å². The quantitative estimate of drug-likeness (QED) is 0.339. The summed E-state index contributed by atoms with van der Waals surface area (Å²) in [7, 11) is 0. The lowest BCUT2D eigenvalue weighted by atomic mass is 9.98. The van der Waals surface area contributed by atoms with Crippen LogP contribution in [0.15, 0.2) is 60.7 Å². The number of amides is 1. The summed E-state index contributed by atoms with van der Waals surface area (Å²) < 4.78 is 6.23. The Morgan fingerprint density at radius 1 is 0.973 bits per heavy atom. The molecule has 0 spiro atoms. The molecule has 2 unspecified atom stereocenters. The molecule has 190 valence electrons. The summed E-state index contributed by atoms with van der Waals surface area (Å²) in [5, 5.41) is 9.15. The van der Waals surface area contributed by atoms with Crippen molar-refractivity contribution in [2.45, 2.75) is 76.1 Å². The standard InChI is InChI=1S/C32H34N2O2S/c1-21-13-22(2)31(23(3)14-21)20-37-19-24-7-9-26(10-8-24)32(35)34-27-11-12-28(34)17-30(16-27)36-29-6-4-5-25(15-29)18-33/h4-10,13-15,27-28,30H,11-12,16-17,19-20H2,1-3H3. The molecule has 1 amide bonds. The van der Waals surface area contributed by atoms with Gasteiger partial charge in [0.15, 0.2) is 0 Å². The molecule has 2 aliphatic heterocycles. The molecule has 3 aromatic carbocycles. The van der Waals surface area contributed by atoms with E-state index in [1.54, 1.807) is 12.1 Å².